The van der Waals surface area contributed by atoms with E-state index in [2.05, 4.69) is 10.0 Å². The second kappa shape index (κ2) is 11.1. The van der Waals surface area contributed by atoms with E-state index in [0.29, 0.717) is 29.4 Å². The highest BCUT2D eigenvalue weighted by atomic mass is 32.2. The lowest BCUT2D eigenvalue weighted by Gasteiger charge is -2.19. The van der Waals surface area contributed by atoms with E-state index in [1.54, 1.807) is 18.2 Å². The van der Waals surface area contributed by atoms with Crippen molar-refractivity contribution in [3.05, 3.63) is 71.8 Å². The van der Waals surface area contributed by atoms with Crippen molar-refractivity contribution in [2.24, 2.45) is 0 Å². The summed E-state index contributed by atoms with van der Waals surface area (Å²) in [5.74, 6) is 1.21. The van der Waals surface area contributed by atoms with Crippen molar-refractivity contribution in [2.75, 3.05) is 24.3 Å². The molecule has 0 radical (unpaired) electrons. The van der Waals surface area contributed by atoms with Crippen molar-refractivity contribution < 1.29 is 27.4 Å². The Balaban J connectivity index is 1.71. The van der Waals surface area contributed by atoms with Gasteiger partial charge in [0, 0.05) is 11.8 Å². The van der Waals surface area contributed by atoms with E-state index in [9.17, 15) is 13.2 Å². The number of hydrogen-bond acceptors (Lipinski definition) is 6. The lowest BCUT2D eigenvalue weighted by atomic mass is 10.1. The third-order valence-electron chi connectivity index (χ3n) is 5.36. The maximum atomic E-state index is 12.9. The highest BCUT2D eigenvalue weighted by molar-refractivity contribution is 7.92. The maximum absolute atomic E-state index is 12.9. The Bertz CT molecular complexity index is 1290. The molecule has 0 saturated heterocycles. The minimum absolute atomic E-state index is 0.0343. The largest absolute Gasteiger partial charge is 0.497 e. The molecule has 3 aromatic carbocycles. The van der Waals surface area contributed by atoms with Crippen LogP contribution in [-0.2, 0) is 14.8 Å². The molecule has 9 heteroatoms. The molecule has 8 nitrogen and oxygen atoms in total. The van der Waals surface area contributed by atoms with Gasteiger partial charge in [-0.3, -0.25) is 9.52 Å². The summed E-state index contributed by atoms with van der Waals surface area (Å²) >= 11 is 0. The lowest BCUT2D eigenvalue weighted by Crippen LogP contribution is -2.32. The minimum atomic E-state index is -3.89. The monoisotopic (exact) mass is 498 g/mol. The molecule has 1 amide bonds. The van der Waals surface area contributed by atoms with E-state index >= 15 is 0 Å². The number of nitrogens with one attached hydrogen (secondary N) is 2. The standard InChI is InChI=1S/C26H30N2O6S/c1-6-23(34-24-15-17(2)7-8-18(24)3)26(29)27-19-9-12-21(13-10-19)35(30,31)28-22-14-11-20(32-4)16-25(22)33-5/h7-16,23,28H,6H2,1-5H3,(H,27,29)/t23-/m0/s1. The van der Waals surface area contributed by atoms with Crippen LogP contribution in [-0.4, -0.2) is 34.6 Å². The van der Waals surface area contributed by atoms with Crippen LogP contribution in [0.15, 0.2) is 65.6 Å². The average molecular weight is 499 g/mol. The van der Waals surface area contributed by atoms with E-state index in [4.69, 9.17) is 14.2 Å². The number of hydrogen-bond donors (Lipinski definition) is 2. The zero-order chi connectivity index (χ0) is 25.6. The molecule has 3 aromatic rings. The van der Waals surface area contributed by atoms with Gasteiger partial charge in [-0.15, -0.1) is 0 Å². The van der Waals surface area contributed by atoms with Gasteiger partial charge in [0.1, 0.15) is 17.2 Å². The molecule has 0 fully saturated rings. The van der Waals surface area contributed by atoms with Crippen molar-refractivity contribution in [3.8, 4) is 17.2 Å². The number of carbonyl (C=O) groups excluding carboxylic acids is 1. The summed E-state index contributed by atoms with van der Waals surface area (Å²) in [7, 11) is -0.936. The molecular weight excluding hydrogens is 468 g/mol. The normalized spacial score (nSPS) is 11.9. The fraction of sp³-hybridized carbons (Fsp3) is 0.269. The molecule has 0 saturated carbocycles. The van der Waals surface area contributed by atoms with Crippen molar-refractivity contribution >= 4 is 27.3 Å². The minimum Gasteiger partial charge on any atom is -0.497 e. The summed E-state index contributed by atoms with van der Waals surface area (Å²) in [5, 5.41) is 2.79. The third kappa shape index (κ3) is 6.45. The van der Waals surface area contributed by atoms with Crippen LogP contribution in [0, 0.1) is 13.8 Å². The zero-order valence-electron chi connectivity index (χ0n) is 20.4. The Morgan fingerprint density at radius 1 is 0.914 bits per heavy atom. The topological polar surface area (TPSA) is 103 Å². The first-order chi connectivity index (χ1) is 16.7. The van der Waals surface area contributed by atoms with Gasteiger partial charge in [0.15, 0.2) is 6.10 Å². The third-order valence-corrected chi connectivity index (χ3v) is 6.74. The van der Waals surface area contributed by atoms with Gasteiger partial charge in [-0.25, -0.2) is 8.42 Å². The first kappa shape index (κ1) is 25.9. The molecule has 3 rings (SSSR count). The molecule has 0 aliphatic heterocycles. The van der Waals surface area contributed by atoms with Gasteiger partial charge < -0.3 is 19.5 Å². The number of sulfonamides is 1. The quantitative estimate of drug-likeness (QED) is 0.411. The van der Waals surface area contributed by atoms with Gasteiger partial charge in [0.2, 0.25) is 0 Å². The average Bonchev–Trinajstić information content (AvgIpc) is 2.84. The van der Waals surface area contributed by atoms with Gasteiger partial charge in [-0.05, 0) is 73.9 Å². The summed E-state index contributed by atoms with van der Waals surface area (Å²) < 4.78 is 44.6. The van der Waals surface area contributed by atoms with E-state index in [1.807, 2.05) is 39.0 Å². The first-order valence-corrected chi connectivity index (χ1v) is 12.5. The van der Waals surface area contributed by atoms with Gasteiger partial charge >= 0.3 is 0 Å². The van der Waals surface area contributed by atoms with Gasteiger partial charge in [0.05, 0.1) is 24.8 Å². The van der Waals surface area contributed by atoms with Crippen LogP contribution in [0.3, 0.4) is 0 Å². The molecule has 0 heterocycles. The van der Waals surface area contributed by atoms with E-state index in [1.165, 1.54) is 38.5 Å². The second-order valence-electron chi connectivity index (χ2n) is 7.97. The van der Waals surface area contributed by atoms with Crippen LogP contribution in [0.25, 0.3) is 0 Å². The van der Waals surface area contributed by atoms with Crippen LogP contribution >= 0.6 is 0 Å². The number of aryl methyl sites for hydroxylation is 2. The highest BCUT2D eigenvalue weighted by Gasteiger charge is 2.21. The Labute approximate surface area is 206 Å². The van der Waals surface area contributed by atoms with E-state index < -0.39 is 16.1 Å². The molecule has 0 aliphatic carbocycles. The number of carbonyl (C=O) groups is 1. The second-order valence-corrected chi connectivity index (χ2v) is 9.65. The molecule has 186 valence electrons. The number of amides is 1. The first-order valence-electron chi connectivity index (χ1n) is 11.1. The van der Waals surface area contributed by atoms with Crippen LogP contribution in [0.4, 0.5) is 11.4 Å². The molecule has 0 aromatic heterocycles. The van der Waals surface area contributed by atoms with Gasteiger partial charge in [-0.1, -0.05) is 19.1 Å². The smallest absolute Gasteiger partial charge is 0.265 e. The SMILES string of the molecule is CC[C@H](Oc1cc(C)ccc1C)C(=O)Nc1ccc(S(=O)(=O)Nc2ccc(OC)cc2OC)cc1. The molecule has 0 aliphatic rings. The zero-order valence-corrected chi connectivity index (χ0v) is 21.2. The summed E-state index contributed by atoms with van der Waals surface area (Å²) in [4.78, 5) is 12.8. The molecule has 2 N–H and O–H groups in total. The summed E-state index contributed by atoms with van der Waals surface area (Å²) in [6.07, 6.45) is -0.220. The molecule has 1 atom stereocenters. The Hall–Kier alpha value is -3.72. The number of methoxy groups -OCH3 is 2. The van der Waals surface area contributed by atoms with Crippen molar-refractivity contribution in [3.63, 3.8) is 0 Å². The number of benzene rings is 3. The number of anilines is 2. The maximum Gasteiger partial charge on any atom is 0.265 e. The molecule has 0 unspecified atom stereocenters. The Kier molecular flexibility index (Phi) is 8.24. The fourth-order valence-electron chi connectivity index (χ4n) is 3.34. The predicted octanol–water partition coefficient (Wildman–Crippen LogP) is 4.92. The van der Waals surface area contributed by atoms with Crippen LogP contribution < -0.4 is 24.2 Å². The van der Waals surface area contributed by atoms with Crippen molar-refractivity contribution in [1.82, 2.24) is 0 Å². The molecule has 35 heavy (non-hydrogen) atoms. The molecule has 0 spiro atoms. The predicted molar refractivity (Wildman–Crippen MR) is 136 cm³/mol. The molecule has 0 bridgehead atoms. The highest BCUT2D eigenvalue weighted by Crippen LogP contribution is 2.31. The lowest BCUT2D eigenvalue weighted by molar-refractivity contribution is -0.122. The summed E-state index contributed by atoms with van der Waals surface area (Å²) in [6, 6.07) is 16.5. The molecular formula is C26H30N2O6S. The number of ether oxygens (including phenoxy) is 3. The van der Waals surface area contributed by atoms with E-state index in [-0.39, 0.29) is 16.5 Å². The Morgan fingerprint density at radius 2 is 1.63 bits per heavy atom. The summed E-state index contributed by atoms with van der Waals surface area (Å²) in [6.45, 7) is 5.75. The van der Waals surface area contributed by atoms with Crippen LogP contribution in [0.2, 0.25) is 0 Å². The summed E-state index contributed by atoms with van der Waals surface area (Å²) in [5.41, 5.74) is 2.72. The van der Waals surface area contributed by atoms with Gasteiger partial charge in [-0.2, -0.15) is 0 Å². The van der Waals surface area contributed by atoms with Crippen LogP contribution in [0.1, 0.15) is 24.5 Å². The van der Waals surface area contributed by atoms with Crippen LogP contribution in [0.5, 0.6) is 17.2 Å². The van der Waals surface area contributed by atoms with Gasteiger partial charge in [0.25, 0.3) is 15.9 Å². The van der Waals surface area contributed by atoms with Crippen molar-refractivity contribution in [1.29, 1.82) is 0 Å². The fourth-order valence-corrected chi connectivity index (χ4v) is 4.41. The Morgan fingerprint density at radius 3 is 2.26 bits per heavy atom. The van der Waals surface area contributed by atoms with E-state index in [0.717, 1.165) is 11.1 Å². The number of rotatable bonds is 10. The van der Waals surface area contributed by atoms with Crippen molar-refractivity contribution in [2.45, 2.75) is 38.2 Å².